The minimum atomic E-state index is -3.55. The van der Waals surface area contributed by atoms with Crippen molar-refractivity contribution >= 4 is 10.0 Å². The van der Waals surface area contributed by atoms with Gasteiger partial charge in [0.15, 0.2) is 0 Å². The van der Waals surface area contributed by atoms with E-state index < -0.39 is 10.0 Å². The van der Waals surface area contributed by atoms with Crippen LogP contribution in [0.2, 0.25) is 0 Å². The molecule has 0 saturated heterocycles. The molecule has 0 spiro atoms. The molecule has 0 radical (unpaired) electrons. The van der Waals surface area contributed by atoms with Crippen LogP contribution < -0.4 is 4.72 Å². The molecule has 1 N–H and O–H groups in total. The predicted octanol–water partition coefficient (Wildman–Crippen LogP) is 1.71. The highest BCUT2D eigenvalue weighted by atomic mass is 32.2. The second-order valence-corrected chi connectivity index (χ2v) is 7.07. The Balaban J connectivity index is 2.29. The van der Waals surface area contributed by atoms with Crippen molar-refractivity contribution in [2.24, 2.45) is 7.05 Å². The van der Waals surface area contributed by atoms with Gasteiger partial charge in [-0.2, -0.15) is 5.10 Å². The van der Waals surface area contributed by atoms with Crippen molar-refractivity contribution in [2.75, 3.05) is 13.7 Å². The van der Waals surface area contributed by atoms with Crippen LogP contribution in [0.3, 0.4) is 0 Å². The fraction of sp³-hybridized carbons (Fsp3) is 0.400. The number of aromatic nitrogens is 2. The standard InChI is InChI=1S/C15H21N3O3S/c1-11-7-14(22(19,20)17-12(2)10-21-4)5-6-15(11)13-8-16-18(3)9-13/h5-9,12,17H,10H2,1-4H3. The average Bonchev–Trinajstić information content (AvgIpc) is 2.84. The maximum atomic E-state index is 12.3. The normalized spacial score (nSPS) is 13.3. The second kappa shape index (κ2) is 6.60. The number of ether oxygens (including phenoxy) is 1. The summed E-state index contributed by atoms with van der Waals surface area (Å²) in [6.45, 7) is 3.98. The van der Waals surface area contributed by atoms with Crippen LogP contribution in [0.15, 0.2) is 35.5 Å². The molecular formula is C15H21N3O3S. The first-order valence-electron chi connectivity index (χ1n) is 6.94. The van der Waals surface area contributed by atoms with E-state index in [1.807, 2.05) is 26.2 Å². The predicted molar refractivity (Wildman–Crippen MR) is 85.0 cm³/mol. The Morgan fingerprint density at radius 2 is 2.14 bits per heavy atom. The van der Waals surface area contributed by atoms with Crippen LogP contribution in [0.5, 0.6) is 0 Å². The van der Waals surface area contributed by atoms with E-state index in [2.05, 4.69) is 9.82 Å². The SMILES string of the molecule is COCC(C)NS(=O)(=O)c1ccc(-c2cnn(C)c2)c(C)c1. The van der Waals surface area contributed by atoms with Gasteiger partial charge in [-0.15, -0.1) is 0 Å². The quantitative estimate of drug-likeness (QED) is 0.878. The number of sulfonamides is 1. The highest BCUT2D eigenvalue weighted by molar-refractivity contribution is 7.89. The van der Waals surface area contributed by atoms with Crippen molar-refractivity contribution in [3.05, 3.63) is 36.2 Å². The first-order valence-corrected chi connectivity index (χ1v) is 8.42. The lowest BCUT2D eigenvalue weighted by molar-refractivity contribution is 0.180. The lowest BCUT2D eigenvalue weighted by atomic mass is 10.0. The van der Waals surface area contributed by atoms with Crippen LogP contribution in [-0.4, -0.2) is 38.0 Å². The van der Waals surface area contributed by atoms with Crippen LogP contribution in [0.1, 0.15) is 12.5 Å². The summed E-state index contributed by atoms with van der Waals surface area (Å²) in [6, 6.07) is 4.80. The number of aryl methyl sites for hydroxylation is 2. The Morgan fingerprint density at radius 1 is 1.41 bits per heavy atom. The lowest BCUT2D eigenvalue weighted by Gasteiger charge is -2.14. The molecular weight excluding hydrogens is 302 g/mol. The van der Waals surface area contributed by atoms with Crippen LogP contribution in [0.4, 0.5) is 0 Å². The van der Waals surface area contributed by atoms with Crippen molar-refractivity contribution in [1.29, 1.82) is 0 Å². The monoisotopic (exact) mass is 323 g/mol. The number of hydrogen-bond acceptors (Lipinski definition) is 4. The minimum Gasteiger partial charge on any atom is -0.383 e. The molecule has 7 heteroatoms. The maximum absolute atomic E-state index is 12.3. The van der Waals surface area contributed by atoms with E-state index >= 15 is 0 Å². The molecule has 2 rings (SSSR count). The van der Waals surface area contributed by atoms with Crippen LogP contribution >= 0.6 is 0 Å². The van der Waals surface area contributed by atoms with Gasteiger partial charge in [0.25, 0.3) is 0 Å². The van der Waals surface area contributed by atoms with Gasteiger partial charge in [-0.3, -0.25) is 4.68 Å². The fourth-order valence-electron chi connectivity index (χ4n) is 2.30. The third kappa shape index (κ3) is 3.73. The molecule has 0 aliphatic heterocycles. The molecule has 0 aliphatic rings. The minimum absolute atomic E-state index is 0.251. The molecule has 0 aliphatic carbocycles. The Morgan fingerprint density at radius 3 is 2.68 bits per heavy atom. The molecule has 1 atom stereocenters. The van der Waals surface area contributed by atoms with Gasteiger partial charge in [0.2, 0.25) is 10.0 Å². The molecule has 0 saturated carbocycles. The summed E-state index contributed by atoms with van der Waals surface area (Å²) in [5, 5.41) is 4.14. The van der Waals surface area contributed by atoms with Crippen molar-refractivity contribution in [3.8, 4) is 11.1 Å². The molecule has 0 amide bonds. The first kappa shape index (κ1) is 16.7. The van der Waals surface area contributed by atoms with E-state index in [1.54, 1.807) is 29.9 Å². The number of nitrogens with one attached hydrogen (secondary N) is 1. The smallest absolute Gasteiger partial charge is 0.240 e. The zero-order valence-electron chi connectivity index (χ0n) is 13.2. The van der Waals surface area contributed by atoms with Crippen molar-refractivity contribution in [1.82, 2.24) is 14.5 Å². The molecule has 1 heterocycles. The molecule has 0 bridgehead atoms. The first-order chi connectivity index (χ1) is 10.3. The fourth-order valence-corrected chi connectivity index (χ4v) is 3.62. The molecule has 1 aromatic carbocycles. The third-order valence-corrected chi connectivity index (χ3v) is 4.88. The summed E-state index contributed by atoms with van der Waals surface area (Å²) in [7, 11) is -0.163. The van der Waals surface area contributed by atoms with Gasteiger partial charge in [-0.25, -0.2) is 13.1 Å². The van der Waals surface area contributed by atoms with Gasteiger partial charge >= 0.3 is 0 Å². The number of hydrogen-bond donors (Lipinski definition) is 1. The summed E-state index contributed by atoms with van der Waals surface area (Å²) in [6.07, 6.45) is 3.66. The zero-order chi connectivity index (χ0) is 16.3. The highest BCUT2D eigenvalue weighted by Gasteiger charge is 2.18. The summed E-state index contributed by atoms with van der Waals surface area (Å²) in [4.78, 5) is 0.251. The Kier molecular flexibility index (Phi) is 5.00. The average molecular weight is 323 g/mol. The second-order valence-electron chi connectivity index (χ2n) is 5.36. The number of nitrogens with zero attached hydrogens (tertiary/aromatic N) is 2. The Bertz CT molecular complexity index is 753. The van der Waals surface area contributed by atoms with E-state index in [1.165, 1.54) is 7.11 Å². The Hall–Kier alpha value is -1.70. The van der Waals surface area contributed by atoms with Gasteiger partial charge < -0.3 is 4.74 Å². The zero-order valence-corrected chi connectivity index (χ0v) is 14.0. The van der Waals surface area contributed by atoms with Crippen LogP contribution in [-0.2, 0) is 21.8 Å². The molecule has 0 fully saturated rings. The maximum Gasteiger partial charge on any atom is 0.240 e. The van der Waals surface area contributed by atoms with Gasteiger partial charge in [-0.1, -0.05) is 6.07 Å². The molecule has 6 nitrogen and oxygen atoms in total. The van der Waals surface area contributed by atoms with E-state index in [0.717, 1.165) is 16.7 Å². The van der Waals surface area contributed by atoms with Crippen LogP contribution in [0, 0.1) is 6.92 Å². The summed E-state index contributed by atoms with van der Waals surface area (Å²) in [5.74, 6) is 0. The summed E-state index contributed by atoms with van der Waals surface area (Å²) < 4.78 is 33.9. The number of benzene rings is 1. The van der Waals surface area contributed by atoms with E-state index in [9.17, 15) is 8.42 Å². The topological polar surface area (TPSA) is 73.2 Å². The van der Waals surface area contributed by atoms with E-state index in [-0.39, 0.29) is 10.9 Å². The summed E-state index contributed by atoms with van der Waals surface area (Å²) in [5.41, 5.74) is 2.82. The van der Waals surface area contributed by atoms with Gasteiger partial charge in [0, 0.05) is 32.0 Å². The molecule has 1 unspecified atom stereocenters. The van der Waals surface area contributed by atoms with Gasteiger partial charge in [-0.05, 0) is 37.1 Å². The van der Waals surface area contributed by atoms with Crippen LogP contribution in [0.25, 0.3) is 11.1 Å². The largest absolute Gasteiger partial charge is 0.383 e. The van der Waals surface area contributed by atoms with Crippen molar-refractivity contribution in [3.63, 3.8) is 0 Å². The molecule has 2 aromatic rings. The third-order valence-electron chi connectivity index (χ3n) is 3.30. The van der Waals surface area contributed by atoms with Crippen molar-refractivity contribution < 1.29 is 13.2 Å². The molecule has 120 valence electrons. The number of methoxy groups -OCH3 is 1. The van der Waals surface area contributed by atoms with Crippen molar-refractivity contribution in [2.45, 2.75) is 24.8 Å². The van der Waals surface area contributed by atoms with E-state index in [4.69, 9.17) is 4.74 Å². The Labute approximate surface area is 131 Å². The van der Waals surface area contributed by atoms with E-state index in [0.29, 0.717) is 6.61 Å². The van der Waals surface area contributed by atoms with Gasteiger partial charge in [0.1, 0.15) is 0 Å². The molecule has 22 heavy (non-hydrogen) atoms. The summed E-state index contributed by atoms with van der Waals surface area (Å²) >= 11 is 0. The van der Waals surface area contributed by atoms with Gasteiger partial charge in [0.05, 0.1) is 17.7 Å². The number of rotatable bonds is 6. The molecule has 1 aromatic heterocycles. The lowest BCUT2D eigenvalue weighted by Crippen LogP contribution is -2.35. The highest BCUT2D eigenvalue weighted by Crippen LogP contribution is 2.25.